The van der Waals surface area contributed by atoms with Crippen LogP contribution in [0.15, 0.2) is 12.7 Å². The van der Waals surface area contributed by atoms with Crippen LogP contribution in [0.4, 0.5) is 0 Å². The lowest BCUT2D eigenvalue weighted by molar-refractivity contribution is -0.162. The van der Waals surface area contributed by atoms with E-state index >= 15 is 0 Å². The van der Waals surface area contributed by atoms with Crippen LogP contribution in [0, 0.1) is 0 Å². The van der Waals surface area contributed by atoms with Gasteiger partial charge in [0, 0.05) is 6.61 Å². The fraction of sp³-hybridized carbons (Fsp3) is 0.667. The average Bonchev–Trinajstić information content (AvgIpc) is 2.03. The van der Waals surface area contributed by atoms with Crippen molar-refractivity contribution < 1.29 is 19.7 Å². The largest absolute Gasteiger partial charge is 0.479 e. The Labute approximate surface area is 77.8 Å². The lowest BCUT2D eigenvalue weighted by atomic mass is 10.1. The second kappa shape index (κ2) is 5.72. The fourth-order valence-electron chi connectivity index (χ4n) is 0.662. The highest BCUT2D eigenvalue weighted by atomic mass is 16.5. The number of aliphatic hydroxyl groups is 1. The molecule has 2 N–H and O–H groups in total. The third-order valence-corrected chi connectivity index (χ3v) is 1.54. The van der Waals surface area contributed by atoms with Crippen LogP contribution in [0.1, 0.15) is 19.8 Å². The Kier molecular flexibility index (Phi) is 5.34. The Bertz CT molecular complexity index is 174. The summed E-state index contributed by atoms with van der Waals surface area (Å²) in [6.07, 6.45) is 3.38. The van der Waals surface area contributed by atoms with Crippen molar-refractivity contribution in [2.24, 2.45) is 0 Å². The molecular weight excluding hydrogens is 172 g/mol. The standard InChI is InChI=1S/C9H16O4/c1-3-4-5-6-13-7-9(2,12)8(10)11/h3,12H,1,4-7H2,2H3,(H,10,11). The first-order valence-corrected chi connectivity index (χ1v) is 4.15. The van der Waals surface area contributed by atoms with Gasteiger partial charge in [-0.3, -0.25) is 0 Å². The maximum absolute atomic E-state index is 10.4. The molecule has 0 aromatic rings. The number of ether oxygens (including phenoxy) is 1. The summed E-state index contributed by atoms with van der Waals surface area (Å²) in [6, 6.07) is 0. The second-order valence-electron chi connectivity index (χ2n) is 3.06. The van der Waals surface area contributed by atoms with Gasteiger partial charge in [-0.1, -0.05) is 6.08 Å². The molecule has 0 aromatic heterocycles. The molecule has 0 bridgehead atoms. The molecule has 0 fully saturated rings. The first-order chi connectivity index (χ1) is 6.00. The predicted octanol–water partition coefficient (Wildman–Crippen LogP) is 0.805. The van der Waals surface area contributed by atoms with Gasteiger partial charge in [0.15, 0.2) is 5.60 Å². The first-order valence-electron chi connectivity index (χ1n) is 4.15. The molecule has 0 heterocycles. The predicted molar refractivity (Wildman–Crippen MR) is 48.5 cm³/mol. The summed E-state index contributed by atoms with van der Waals surface area (Å²) in [5.41, 5.74) is -1.78. The summed E-state index contributed by atoms with van der Waals surface area (Å²) in [4.78, 5) is 10.4. The number of allylic oxidation sites excluding steroid dienone is 1. The fourth-order valence-corrected chi connectivity index (χ4v) is 0.662. The van der Waals surface area contributed by atoms with Crippen LogP contribution in [-0.4, -0.2) is 35.0 Å². The monoisotopic (exact) mass is 188 g/mol. The Morgan fingerprint density at radius 1 is 1.69 bits per heavy atom. The smallest absolute Gasteiger partial charge is 0.337 e. The quantitative estimate of drug-likeness (QED) is 0.458. The Morgan fingerprint density at radius 3 is 2.77 bits per heavy atom. The Hall–Kier alpha value is -0.870. The summed E-state index contributed by atoms with van der Waals surface area (Å²) in [5, 5.41) is 17.7. The van der Waals surface area contributed by atoms with Gasteiger partial charge in [-0.25, -0.2) is 4.79 Å². The molecule has 4 nitrogen and oxygen atoms in total. The van der Waals surface area contributed by atoms with E-state index in [1.807, 2.05) is 0 Å². The number of aliphatic carboxylic acids is 1. The van der Waals surface area contributed by atoms with Crippen LogP contribution in [0.3, 0.4) is 0 Å². The molecule has 1 unspecified atom stereocenters. The van der Waals surface area contributed by atoms with E-state index in [4.69, 9.17) is 9.84 Å². The molecule has 0 amide bonds. The number of unbranched alkanes of at least 4 members (excludes halogenated alkanes) is 1. The number of hydrogen-bond donors (Lipinski definition) is 2. The van der Waals surface area contributed by atoms with Crippen molar-refractivity contribution in [2.45, 2.75) is 25.4 Å². The van der Waals surface area contributed by atoms with E-state index in [0.29, 0.717) is 6.61 Å². The molecule has 0 radical (unpaired) electrons. The van der Waals surface area contributed by atoms with Crippen molar-refractivity contribution in [3.8, 4) is 0 Å². The van der Waals surface area contributed by atoms with E-state index < -0.39 is 11.6 Å². The molecule has 0 spiro atoms. The number of hydrogen-bond acceptors (Lipinski definition) is 3. The zero-order valence-corrected chi connectivity index (χ0v) is 7.82. The lowest BCUT2D eigenvalue weighted by Crippen LogP contribution is -2.39. The minimum Gasteiger partial charge on any atom is -0.479 e. The topological polar surface area (TPSA) is 66.8 Å². The SMILES string of the molecule is C=CCCCOCC(C)(O)C(=O)O. The van der Waals surface area contributed by atoms with Gasteiger partial charge in [0.25, 0.3) is 0 Å². The summed E-state index contributed by atoms with van der Waals surface area (Å²) in [5.74, 6) is -1.27. The first kappa shape index (κ1) is 12.1. The minimum absolute atomic E-state index is 0.181. The zero-order valence-electron chi connectivity index (χ0n) is 7.82. The van der Waals surface area contributed by atoms with Crippen LogP contribution in [0.25, 0.3) is 0 Å². The molecule has 0 aliphatic heterocycles. The molecule has 0 aliphatic rings. The van der Waals surface area contributed by atoms with Gasteiger partial charge in [0.2, 0.25) is 0 Å². The molecule has 0 aromatic carbocycles. The number of carboxylic acid groups (broad SMARTS) is 1. The van der Waals surface area contributed by atoms with E-state index in [1.54, 1.807) is 6.08 Å². The molecule has 0 saturated carbocycles. The van der Waals surface area contributed by atoms with Crippen LogP contribution in [0.5, 0.6) is 0 Å². The van der Waals surface area contributed by atoms with Gasteiger partial charge in [-0.2, -0.15) is 0 Å². The van der Waals surface area contributed by atoms with Gasteiger partial charge in [-0.05, 0) is 19.8 Å². The molecular formula is C9H16O4. The molecule has 0 saturated heterocycles. The van der Waals surface area contributed by atoms with Gasteiger partial charge in [0.1, 0.15) is 0 Å². The highest BCUT2D eigenvalue weighted by molar-refractivity contribution is 5.76. The number of rotatable bonds is 7. The van der Waals surface area contributed by atoms with Crippen LogP contribution in [0.2, 0.25) is 0 Å². The maximum Gasteiger partial charge on any atom is 0.337 e. The third-order valence-electron chi connectivity index (χ3n) is 1.54. The van der Waals surface area contributed by atoms with Crippen LogP contribution >= 0.6 is 0 Å². The second-order valence-corrected chi connectivity index (χ2v) is 3.06. The van der Waals surface area contributed by atoms with Crippen molar-refractivity contribution in [3.63, 3.8) is 0 Å². The summed E-state index contributed by atoms with van der Waals surface area (Å²) < 4.78 is 4.98. The van der Waals surface area contributed by atoms with Gasteiger partial charge < -0.3 is 14.9 Å². The lowest BCUT2D eigenvalue weighted by Gasteiger charge is -2.17. The zero-order chi connectivity index (χ0) is 10.3. The van der Waals surface area contributed by atoms with Gasteiger partial charge in [-0.15, -0.1) is 6.58 Å². The van der Waals surface area contributed by atoms with Crippen molar-refractivity contribution >= 4 is 5.97 Å². The van der Waals surface area contributed by atoms with Crippen molar-refractivity contribution in [2.75, 3.05) is 13.2 Å². The van der Waals surface area contributed by atoms with E-state index in [9.17, 15) is 9.90 Å². The normalized spacial score (nSPS) is 14.9. The molecule has 4 heteroatoms. The summed E-state index contributed by atoms with van der Waals surface area (Å²) in [7, 11) is 0. The third kappa shape index (κ3) is 5.38. The van der Waals surface area contributed by atoms with Crippen LogP contribution < -0.4 is 0 Å². The van der Waals surface area contributed by atoms with Crippen LogP contribution in [-0.2, 0) is 9.53 Å². The van der Waals surface area contributed by atoms with E-state index in [-0.39, 0.29) is 6.61 Å². The molecule has 0 rings (SSSR count). The van der Waals surface area contributed by atoms with Crippen molar-refractivity contribution in [1.82, 2.24) is 0 Å². The van der Waals surface area contributed by atoms with E-state index in [0.717, 1.165) is 12.8 Å². The number of carboxylic acids is 1. The van der Waals surface area contributed by atoms with E-state index in [1.165, 1.54) is 6.92 Å². The average molecular weight is 188 g/mol. The number of carbonyl (C=O) groups is 1. The van der Waals surface area contributed by atoms with Gasteiger partial charge >= 0.3 is 5.97 Å². The molecule has 76 valence electrons. The maximum atomic E-state index is 10.4. The van der Waals surface area contributed by atoms with Gasteiger partial charge in [0.05, 0.1) is 6.61 Å². The Balaban J connectivity index is 3.52. The summed E-state index contributed by atoms with van der Waals surface area (Å²) in [6.45, 7) is 5.01. The highest BCUT2D eigenvalue weighted by Crippen LogP contribution is 2.04. The summed E-state index contributed by atoms with van der Waals surface area (Å²) >= 11 is 0. The van der Waals surface area contributed by atoms with E-state index in [2.05, 4.69) is 6.58 Å². The molecule has 0 aliphatic carbocycles. The highest BCUT2D eigenvalue weighted by Gasteiger charge is 2.29. The molecule has 1 atom stereocenters. The minimum atomic E-state index is -1.78. The Morgan fingerprint density at radius 2 is 2.31 bits per heavy atom. The molecule has 13 heavy (non-hydrogen) atoms. The van der Waals surface area contributed by atoms with Crippen molar-refractivity contribution in [1.29, 1.82) is 0 Å². The van der Waals surface area contributed by atoms with Crippen molar-refractivity contribution in [3.05, 3.63) is 12.7 Å².